The highest BCUT2D eigenvalue weighted by molar-refractivity contribution is 6.01. The van der Waals surface area contributed by atoms with Gasteiger partial charge in [-0.1, -0.05) is 42.5 Å². The van der Waals surface area contributed by atoms with Gasteiger partial charge in [0.2, 0.25) is 0 Å². The van der Waals surface area contributed by atoms with E-state index in [1.165, 1.54) is 0 Å². The first-order chi connectivity index (χ1) is 14.2. The Balaban J connectivity index is 1.90. The van der Waals surface area contributed by atoms with Gasteiger partial charge in [-0.2, -0.15) is 0 Å². The van der Waals surface area contributed by atoms with Crippen molar-refractivity contribution in [2.45, 2.75) is 6.92 Å². The fraction of sp³-hybridized carbons (Fsp3) is 0.0435. The molecule has 3 aromatic heterocycles. The van der Waals surface area contributed by atoms with Crippen molar-refractivity contribution in [3.63, 3.8) is 0 Å². The van der Waals surface area contributed by atoms with Gasteiger partial charge in [0.25, 0.3) is 5.91 Å². The number of aryl methyl sites for hydroxylation is 1. The number of nitrogens with one attached hydrogen (secondary N) is 2. The number of aromatic amines is 1. The van der Waals surface area contributed by atoms with Crippen molar-refractivity contribution >= 4 is 22.5 Å². The number of aromatic nitrogens is 3. The summed E-state index contributed by atoms with van der Waals surface area (Å²) in [4.78, 5) is 20.3. The van der Waals surface area contributed by atoms with Crippen LogP contribution in [-0.2, 0) is 0 Å². The molecule has 5 aromatic rings. The maximum Gasteiger partial charge on any atom is 0.282 e. The normalized spacial score (nSPS) is 11.2. The number of nitrogen functional groups attached to an aromatic ring is 1. The monoisotopic (exact) mass is 381 g/mol. The molecule has 0 fully saturated rings. The van der Waals surface area contributed by atoms with E-state index in [1.807, 2.05) is 67.7 Å². The van der Waals surface area contributed by atoms with E-state index in [4.69, 9.17) is 10.8 Å². The molecule has 6 nitrogen and oxygen atoms in total. The van der Waals surface area contributed by atoms with E-state index >= 15 is 0 Å². The maximum absolute atomic E-state index is 12.3. The minimum absolute atomic E-state index is 0.357. The van der Waals surface area contributed by atoms with E-state index in [0.717, 1.165) is 44.6 Å². The largest absolute Gasteiger partial charge is 0.356 e. The molecule has 0 unspecified atom stereocenters. The summed E-state index contributed by atoms with van der Waals surface area (Å²) in [6.45, 7) is 1.97. The number of carbonyl (C=O) groups is 1. The second-order valence-electron chi connectivity index (χ2n) is 6.95. The van der Waals surface area contributed by atoms with Gasteiger partial charge in [0.1, 0.15) is 5.69 Å². The Labute approximate surface area is 167 Å². The van der Waals surface area contributed by atoms with Crippen LogP contribution < -0.4 is 11.3 Å². The van der Waals surface area contributed by atoms with E-state index in [2.05, 4.69) is 26.9 Å². The van der Waals surface area contributed by atoms with Crippen molar-refractivity contribution in [1.29, 1.82) is 0 Å². The zero-order valence-corrected chi connectivity index (χ0v) is 15.8. The second-order valence-corrected chi connectivity index (χ2v) is 6.95. The summed E-state index contributed by atoms with van der Waals surface area (Å²) in [5.74, 6) is 5.05. The van der Waals surface area contributed by atoms with Crippen LogP contribution in [0.15, 0.2) is 72.9 Å². The molecule has 29 heavy (non-hydrogen) atoms. The Morgan fingerprint density at radius 2 is 1.76 bits per heavy atom. The third-order valence-corrected chi connectivity index (χ3v) is 5.22. The summed E-state index contributed by atoms with van der Waals surface area (Å²) in [6, 6.07) is 22.2. The first-order valence-electron chi connectivity index (χ1n) is 9.34. The molecule has 142 valence electrons. The highest BCUT2D eigenvalue weighted by Gasteiger charge is 2.21. The maximum atomic E-state index is 12.3. The number of para-hydroxylation sites is 2. The van der Waals surface area contributed by atoms with Gasteiger partial charge in [0.05, 0.1) is 27.9 Å². The molecule has 6 heteroatoms. The SMILES string of the molecule is Cc1c[nH]c(C(=O)NN)c1-c1ccc2c(-c3ccccc3)nc3ccccc3n12. The van der Waals surface area contributed by atoms with Crippen LogP contribution in [0, 0.1) is 6.92 Å². The Morgan fingerprint density at radius 1 is 1.00 bits per heavy atom. The van der Waals surface area contributed by atoms with Crippen molar-refractivity contribution in [2.75, 3.05) is 0 Å². The highest BCUT2D eigenvalue weighted by atomic mass is 16.2. The predicted octanol–water partition coefficient (Wildman–Crippen LogP) is 4.06. The number of hydrogen-bond donors (Lipinski definition) is 3. The van der Waals surface area contributed by atoms with E-state index in [-0.39, 0.29) is 5.91 Å². The Bertz CT molecular complexity index is 1360. The fourth-order valence-corrected chi connectivity index (χ4v) is 3.91. The van der Waals surface area contributed by atoms with E-state index in [9.17, 15) is 4.79 Å². The summed E-state index contributed by atoms with van der Waals surface area (Å²) in [5, 5.41) is 0. The van der Waals surface area contributed by atoms with E-state index in [1.54, 1.807) is 0 Å². The summed E-state index contributed by atoms with van der Waals surface area (Å²) in [7, 11) is 0. The van der Waals surface area contributed by atoms with Crippen molar-refractivity contribution in [3.05, 3.63) is 84.2 Å². The third-order valence-electron chi connectivity index (χ3n) is 5.22. The number of fused-ring (bicyclic) bond motifs is 3. The average molecular weight is 381 g/mol. The first kappa shape index (κ1) is 17.2. The fourth-order valence-electron chi connectivity index (χ4n) is 3.91. The standard InChI is InChI=1S/C23H19N5O/c1-14-13-25-22(23(29)27-24)20(14)18-11-12-19-21(15-7-3-2-4-8-15)26-16-9-5-6-10-17(16)28(18)19/h2-13,25H,24H2,1H3,(H,27,29). The molecular weight excluding hydrogens is 362 g/mol. The Morgan fingerprint density at radius 3 is 2.55 bits per heavy atom. The third kappa shape index (κ3) is 2.61. The molecule has 0 atom stereocenters. The molecule has 1 amide bonds. The lowest BCUT2D eigenvalue weighted by atomic mass is 10.1. The summed E-state index contributed by atoms with van der Waals surface area (Å²) in [5.41, 5.74) is 10.1. The lowest BCUT2D eigenvalue weighted by Crippen LogP contribution is -2.30. The van der Waals surface area contributed by atoms with Gasteiger partial charge in [-0.3, -0.25) is 10.2 Å². The lowest BCUT2D eigenvalue weighted by molar-refractivity contribution is 0.0950. The molecule has 4 N–H and O–H groups in total. The molecule has 0 radical (unpaired) electrons. The molecule has 3 heterocycles. The summed E-state index contributed by atoms with van der Waals surface area (Å²) in [6.07, 6.45) is 1.82. The van der Waals surface area contributed by atoms with Crippen LogP contribution >= 0.6 is 0 Å². The number of benzene rings is 2. The van der Waals surface area contributed by atoms with Crippen LogP contribution in [0.3, 0.4) is 0 Å². The van der Waals surface area contributed by atoms with Crippen molar-refractivity contribution < 1.29 is 4.79 Å². The topological polar surface area (TPSA) is 88.2 Å². The van der Waals surface area contributed by atoms with Gasteiger partial charge in [-0.05, 0) is 36.8 Å². The van der Waals surface area contributed by atoms with Crippen LogP contribution in [0.1, 0.15) is 16.1 Å². The van der Waals surface area contributed by atoms with Crippen LogP contribution in [0.4, 0.5) is 0 Å². The molecule has 0 bridgehead atoms. The van der Waals surface area contributed by atoms with Gasteiger partial charge < -0.3 is 9.38 Å². The number of hydrogen-bond acceptors (Lipinski definition) is 3. The van der Waals surface area contributed by atoms with Crippen LogP contribution in [0.2, 0.25) is 0 Å². The Kier molecular flexibility index (Phi) is 3.93. The predicted molar refractivity (Wildman–Crippen MR) is 114 cm³/mol. The molecule has 5 rings (SSSR count). The zero-order valence-electron chi connectivity index (χ0n) is 15.8. The van der Waals surface area contributed by atoms with Gasteiger partial charge in [-0.25, -0.2) is 10.8 Å². The first-order valence-corrected chi connectivity index (χ1v) is 9.34. The molecule has 2 aromatic carbocycles. The van der Waals surface area contributed by atoms with Crippen LogP contribution in [-0.4, -0.2) is 20.3 Å². The number of nitrogens with zero attached hydrogens (tertiary/aromatic N) is 2. The number of amides is 1. The number of nitrogens with two attached hydrogens (primary N) is 1. The van der Waals surface area contributed by atoms with Crippen molar-refractivity contribution in [1.82, 2.24) is 19.8 Å². The lowest BCUT2D eigenvalue weighted by Gasteiger charge is -2.12. The number of hydrazine groups is 1. The molecule has 0 aliphatic rings. The van der Waals surface area contributed by atoms with Crippen LogP contribution in [0.25, 0.3) is 39.1 Å². The average Bonchev–Trinajstić information content (AvgIpc) is 3.37. The molecule has 0 spiro atoms. The number of carbonyl (C=O) groups excluding carboxylic acids is 1. The molecular formula is C23H19N5O. The molecule has 0 aliphatic carbocycles. The molecule has 0 aliphatic heterocycles. The minimum atomic E-state index is -0.357. The molecule has 0 saturated carbocycles. The van der Waals surface area contributed by atoms with Crippen molar-refractivity contribution in [3.8, 4) is 22.5 Å². The number of H-pyrrole nitrogens is 1. The van der Waals surface area contributed by atoms with Gasteiger partial charge in [-0.15, -0.1) is 0 Å². The molecule has 0 saturated heterocycles. The quantitative estimate of drug-likeness (QED) is 0.250. The number of rotatable bonds is 3. The second kappa shape index (κ2) is 6.61. The smallest absolute Gasteiger partial charge is 0.282 e. The van der Waals surface area contributed by atoms with Gasteiger partial charge in [0.15, 0.2) is 0 Å². The highest BCUT2D eigenvalue weighted by Crippen LogP contribution is 2.35. The van der Waals surface area contributed by atoms with E-state index in [0.29, 0.717) is 5.69 Å². The van der Waals surface area contributed by atoms with Crippen LogP contribution in [0.5, 0.6) is 0 Å². The zero-order chi connectivity index (χ0) is 20.0. The minimum Gasteiger partial charge on any atom is -0.356 e. The van der Waals surface area contributed by atoms with Crippen molar-refractivity contribution in [2.24, 2.45) is 5.84 Å². The Hall–Kier alpha value is -3.90. The summed E-state index contributed by atoms with van der Waals surface area (Å²) >= 11 is 0. The summed E-state index contributed by atoms with van der Waals surface area (Å²) < 4.78 is 2.16. The van der Waals surface area contributed by atoms with E-state index < -0.39 is 0 Å². The van der Waals surface area contributed by atoms with Gasteiger partial charge >= 0.3 is 0 Å². The van der Waals surface area contributed by atoms with Gasteiger partial charge in [0, 0.05) is 17.3 Å².